The topological polar surface area (TPSA) is 44.8 Å². The molecule has 2 aromatic carbocycles. The van der Waals surface area contributed by atoms with Crippen molar-refractivity contribution in [2.24, 2.45) is 0 Å². The first-order valence-electron chi connectivity index (χ1n) is 6.38. The van der Waals surface area contributed by atoms with Crippen LogP contribution in [0.25, 0.3) is 0 Å². The second-order valence-corrected chi connectivity index (χ2v) is 5.65. The highest BCUT2D eigenvalue weighted by Gasteiger charge is 2.12. The molecular formula is C16H14BrClO4. The van der Waals surface area contributed by atoms with E-state index in [1.165, 1.54) is 7.11 Å². The molecule has 0 bridgehead atoms. The van der Waals surface area contributed by atoms with Crippen LogP contribution in [0.15, 0.2) is 40.9 Å². The summed E-state index contributed by atoms with van der Waals surface area (Å²) in [4.78, 5) is 12.2. The van der Waals surface area contributed by atoms with Crippen molar-refractivity contribution in [2.75, 3.05) is 20.8 Å². The van der Waals surface area contributed by atoms with Crippen LogP contribution < -0.4 is 14.2 Å². The zero-order valence-corrected chi connectivity index (χ0v) is 14.4. The average Bonchev–Trinajstić information content (AvgIpc) is 2.53. The van der Waals surface area contributed by atoms with Gasteiger partial charge in [-0.15, -0.1) is 0 Å². The Morgan fingerprint density at radius 3 is 2.36 bits per heavy atom. The normalized spacial score (nSPS) is 10.2. The SMILES string of the molecule is COc1ccc(C(=O)COc2ccc(Cl)cc2Br)cc1OC. The third-order valence-electron chi connectivity index (χ3n) is 2.96. The third-order valence-corrected chi connectivity index (χ3v) is 3.81. The van der Waals surface area contributed by atoms with E-state index in [1.807, 2.05) is 0 Å². The predicted molar refractivity (Wildman–Crippen MR) is 88.5 cm³/mol. The number of benzene rings is 2. The van der Waals surface area contributed by atoms with Gasteiger partial charge in [0.25, 0.3) is 0 Å². The Morgan fingerprint density at radius 2 is 1.73 bits per heavy atom. The maximum atomic E-state index is 12.2. The zero-order chi connectivity index (χ0) is 16.1. The quantitative estimate of drug-likeness (QED) is 0.692. The maximum absolute atomic E-state index is 12.2. The molecule has 22 heavy (non-hydrogen) atoms. The molecule has 0 heterocycles. The van der Waals surface area contributed by atoms with E-state index in [0.29, 0.717) is 32.3 Å². The number of carbonyl (C=O) groups is 1. The van der Waals surface area contributed by atoms with Crippen LogP contribution >= 0.6 is 27.5 Å². The fourth-order valence-electron chi connectivity index (χ4n) is 1.83. The molecule has 0 radical (unpaired) electrons. The molecule has 0 amide bonds. The van der Waals surface area contributed by atoms with Crippen molar-refractivity contribution in [3.8, 4) is 17.2 Å². The molecule has 0 fully saturated rings. The molecule has 0 spiro atoms. The maximum Gasteiger partial charge on any atom is 0.200 e. The first kappa shape index (κ1) is 16.6. The summed E-state index contributed by atoms with van der Waals surface area (Å²) < 4.78 is 16.5. The fourth-order valence-corrected chi connectivity index (χ4v) is 2.63. The summed E-state index contributed by atoms with van der Waals surface area (Å²) in [6.07, 6.45) is 0. The molecule has 0 aliphatic rings. The van der Waals surface area contributed by atoms with Crippen molar-refractivity contribution in [3.63, 3.8) is 0 Å². The lowest BCUT2D eigenvalue weighted by Gasteiger charge is -2.10. The van der Waals surface area contributed by atoms with Gasteiger partial charge in [0, 0.05) is 10.6 Å². The van der Waals surface area contributed by atoms with Gasteiger partial charge in [-0.1, -0.05) is 11.6 Å². The van der Waals surface area contributed by atoms with Crippen LogP contribution in [-0.4, -0.2) is 26.6 Å². The van der Waals surface area contributed by atoms with E-state index < -0.39 is 0 Å². The van der Waals surface area contributed by atoms with Crippen LogP contribution in [0.5, 0.6) is 17.2 Å². The number of ether oxygens (including phenoxy) is 3. The largest absolute Gasteiger partial charge is 0.493 e. The number of ketones is 1. The van der Waals surface area contributed by atoms with Gasteiger partial charge >= 0.3 is 0 Å². The number of hydrogen-bond acceptors (Lipinski definition) is 4. The highest BCUT2D eigenvalue weighted by molar-refractivity contribution is 9.10. The second-order valence-electron chi connectivity index (χ2n) is 4.36. The van der Waals surface area contributed by atoms with Crippen molar-refractivity contribution in [1.82, 2.24) is 0 Å². The number of Topliss-reactive ketones (excluding diaryl/α,β-unsaturated/α-hetero) is 1. The molecule has 0 aliphatic carbocycles. The summed E-state index contributed by atoms with van der Waals surface area (Å²) in [5.74, 6) is 1.46. The molecule has 0 aliphatic heterocycles. The third kappa shape index (κ3) is 3.93. The Kier molecular flexibility index (Phi) is 5.69. The van der Waals surface area contributed by atoms with Crippen LogP contribution in [-0.2, 0) is 0 Å². The Labute approximate surface area is 142 Å². The van der Waals surface area contributed by atoms with E-state index in [4.69, 9.17) is 25.8 Å². The van der Waals surface area contributed by atoms with Crippen LogP contribution in [0.4, 0.5) is 0 Å². The van der Waals surface area contributed by atoms with Crippen LogP contribution in [0.2, 0.25) is 5.02 Å². The van der Waals surface area contributed by atoms with Crippen molar-refractivity contribution in [2.45, 2.75) is 0 Å². The molecule has 2 rings (SSSR count). The van der Waals surface area contributed by atoms with Crippen LogP contribution in [0.3, 0.4) is 0 Å². The summed E-state index contributed by atoms with van der Waals surface area (Å²) in [6, 6.07) is 10.1. The molecule has 0 unspecified atom stereocenters. The Bertz CT molecular complexity index is 688. The van der Waals surface area contributed by atoms with Crippen molar-refractivity contribution < 1.29 is 19.0 Å². The molecule has 2 aromatic rings. The van der Waals surface area contributed by atoms with Crippen LogP contribution in [0.1, 0.15) is 10.4 Å². The van der Waals surface area contributed by atoms with E-state index in [-0.39, 0.29) is 12.4 Å². The van der Waals surface area contributed by atoms with Crippen molar-refractivity contribution >= 4 is 33.3 Å². The minimum atomic E-state index is -0.164. The number of rotatable bonds is 6. The van der Waals surface area contributed by atoms with Crippen LogP contribution in [0, 0.1) is 0 Å². The Hall–Kier alpha value is -1.72. The van der Waals surface area contributed by atoms with Gasteiger partial charge in [0.2, 0.25) is 0 Å². The zero-order valence-electron chi connectivity index (χ0n) is 12.1. The van der Waals surface area contributed by atoms with Gasteiger partial charge < -0.3 is 14.2 Å². The molecular weight excluding hydrogens is 372 g/mol. The molecule has 6 heteroatoms. The van der Waals surface area contributed by atoms with Crippen molar-refractivity contribution in [3.05, 3.63) is 51.5 Å². The van der Waals surface area contributed by atoms with E-state index in [0.717, 1.165) is 0 Å². The minimum Gasteiger partial charge on any atom is -0.493 e. The number of hydrogen-bond donors (Lipinski definition) is 0. The first-order valence-corrected chi connectivity index (χ1v) is 7.55. The molecule has 0 saturated carbocycles. The summed E-state index contributed by atoms with van der Waals surface area (Å²) in [5, 5.41) is 0.588. The van der Waals surface area contributed by atoms with Gasteiger partial charge in [-0.3, -0.25) is 4.79 Å². The summed E-state index contributed by atoms with van der Waals surface area (Å²) in [6.45, 7) is -0.0876. The lowest BCUT2D eigenvalue weighted by molar-refractivity contribution is 0.0920. The summed E-state index contributed by atoms with van der Waals surface area (Å²) in [7, 11) is 3.06. The highest BCUT2D eigenvalue weighted by atomic mass is 79.9. The molecule has 0 N–H and O–H groups in total. The Balaban J connectivity index is 2.09. The first-order chi connectivity index (χ1) is 10.5. The lowest BCUT2D eigenvalue weighted by Crippen LogP contribution is -2.12. The van der Waals surface area contributed by atoms with Gasteiger partial charge in [-0.2, -0.15) is 0 Å². The standard InChI is InChI=1S/C16H14BrClO4/c1-20-15-5-3-10(7-16(15)21-2)13(19)9-22-14-6-4-11(18)8-12(14)17/h3-8H,9H2,1-2H3. The Morgan fingerprint density at radius 1 is 1.05 bits per heavy atom. The minimum absolute atomic E-state index is 0.0876. The van der Waals surface area contributed by atoms with E-state index in [9.17, 15) is 4.79 Å². The van der Waals surface area contributed by atoms with Gasteiger partial charge in [-0.25, -0.2) is 0 Å². The van der Waals surface area contributed by atoms with Gasteiger partial charge in [-0.05, 0) is 52.3 Å². The van der Waals surface area contributed by atoms with Gasteiger partial charge in [0.15, 0.2) is 23.9 Å². The smallest absolute Gasteiger partial charge is 0.200 e. The molecule has 4 nitrogen and oxygen atoms in total. The van der Waals surface area contributed by atoms with Gasteiger partial charge in [0.05, 0.1) is 18.7 Å². The summed E-state index contributed by atoms with van der Waals surface area (Å²) >= 11 is 9.20. The molecule has 0 aromatic heterocycles. The number of halogens is 2. The second kappa shape index (κ2) is 7.51. The lowest BCUT2D eigenvalue weighted by atomic mass is 10.1. The average molecular weight is 386 g/mol. The predicted octanol–water partition coefficient (Wildman–Crippen LogP) is 4.38. The van der Waals surface area contributed by atoms with E-state index >= 15 is 0 Å². The van der Waals surface area contributed by atoms with Gasteiger partial charge in [0.1, 0.15) is 5.75 Å². The molecule has 0 saturated heterocycles. The van der Waals surface area contributed by atoms with Crippen molar-refractivity contribution in [1.29, 1.82) is 0 Å². The highest BCUT2D eigenvalue weighted by Crippen LogP contribution is 2.29. The van der Waals surface area contributed by atoms with E-state index in [1.54, 1.807) is 43.5 Å². The fraction of sp³-hybridized carbons (Fsp3) is 0.188. The molecule has 116 valence electrons. The number of methoxy groups -OCH3 is 2. The summed E-state index contributed by atoms with van der Waals surface area (Å²) in [5.41, 5.74) is 0.489. The van der Waals surface area contributed by atoms with E-state index in [2.05, 4.69) is 15.9 Å². The monoisotopic (exact) mass is 384 g/mol. The number of carbonyl (C=O) groups excluding carboxylic acids is 1. The molecule has 0 atom stereocenters.